The third kappa shape index (κ3) is 6.36. The lowest BCUT2D eigenvalue weighted by molar-refractivity contribution is -0.116. The molecular formula is C17H25FN2O3. The van der Waals surface area contributed by atoms with Gasteiger partial charge in [-0.3, -0.25) is 9.59 Å². The highest BCUT2D eigenvalue weighted by Gasteiger charge is 2.14. The Balaban J connectivity index is 2.68. The summed E-state index contributed by atoms with van der Waals surface area (Å²) in [7, 11) is 0. The average Bonchev–Trinajstić information content (AvgIpc) is 2.45. The summed E-state index contributed by atoms with van der Waals surface area (Å²) in [5, 5.41) is 14.7. The molecule has 1 aromatic rings. The Bertz CT molecular complexity index is 559. The molecule has 0 saturated carbocycles. The van der Waals surface area contributed by atoms with Crippen LogP contribution in [0, 0.1) is 17.7 Å². The van der Waals surface area contributed by atoms with Gasteiger partial charge in [0.25, 0.3) is 5.91 Å². The van der Waals surface area contributed by atoms with Gasteiger partial charge < -0.3 is 15.7 Å². The second-order valence-electron chi connectivity index (χ2n) is 6.36. The third-order valence-corrected chi connectivity index (χ3v) is 3.34. The van der Waals surface area contributed by atoms with E-state index in [1.807, 2.05) is 27.7 Å². The van der Waals surface area contributed by atoms with Crippen LogP contribution in [0.5, 0.6) is 0 Å². The topological polar surface area (TPSA) is 78.4 Å². The zero-order valence-electron chi connectivity index (χ0n) is 14.0. The van der Waals surface area contributed by atoms with Crippen LogP contribution >= 0.6 is 0 Å². The number of aliphatic hydroxyl groups excluding tert-OH is 1. The number of carbonyl (C=O) groups is 2. The highest BCUT2D eigenvalue weighted by molar-refractivity contribution is 5.96. The standard InChI is InChI=1S/C17H25FN2O3/c1-10(2)7-16(22)20-14-6-5-12(8-13(14)18)17(23)19-9-15(21)11(3)4/h5-6,8,10-11,15,21H,7,9H2,1-4H3,(H,19,23)(H,20,22). The van der Waals surface area contributed by atoms with E-state index in [2.05, 4.69) is 10.6 Å². The summed E-state index contributed by atoms with van der Waals surface area (Å²) in [6, 6.07) is 3.87. The van der Waals surface area contributed by atoms with Gasteiger partial charge in [-0.15, -0.1) is 0 Å². The van der Waals surface area contributed by atoms with Crippen LogP contribution in [0.3, 0.4) is 0 Å². The molecule has 2 amide bonds. The second kappa shape index (κ2) is 8.62. The van der Waals surface area contributed by atoms with Gasteiger partial charge in [-0.05, 0) is 30.0 Å². The summed E-state index contributed by atoms with van der Waals surface area (Å²) in [4.78, 5) is 23.6. The molecule has 0 bridgehead atoms. The van der Waals surface area contributed by atoms with Crippen molar-refractivity contribution in [1.82, 2.24) is 5.32 Å². The SMILES string of the molecule is CC(C)CC(=O)Nc1ccc(C(=O)NCC(O)C(C)C)cc1F. The van der Waals surface area contributed by atoms with Crippen molar-refractivity contribution >= 4 is 17.5 Å². The van der Waals surface area contributed by atoms with E-state index in [-0.39, 0.29) is 35.5 Å². The molecule has 0 spiro atoms. The van der Waals surface area contributed by atoms with Crippen LogP contribution in [0.4, 0.5) is 10.1 Å². The number of hydrogen-bond acceptors (Lipinski definition) is 3. The summed E-state index contributed by atoms with van der Waals surface area (Å²) in [5.74, 6) is -1.21. The molecule has 1 aromatic carbocycles. The zero-order valence-corrected chi connectivity index (χ0v) is 14.0. The van der Waals surface area contributed by atoms with Gasteiger partial charge in [0.05, 0.1) is 11.8 Å². The van der Waals surface area contributed by atoms with Crippen LogP contribution in [-0.4, -0.2) is 29.6 Å². The number of rotatable bonds is 7. The van der Waals surface area contributed by atoms with E-state index in [4.69, 9.17) is 0 Å². The molecule has 0 aliphatic rings. The van der Waals surface area contributed by atoms with E-state index in [1.165, 1.54) is 12.1 Å². The molecule has 1 atom stereocenters. The number of anilines is 1. The van der Waals surface area contributed by atoms with Gasteiger partial charge >= 0.3 is 0 Å². The monoisotopic (exact) mass is 324 g/mol. The summed E-state index contributed by atoms with van der Waals surface area (Å²) < 4.78 is 14.0. The molecule has 128 valence electrons. The van der Waals surface area contributed by atoms with Gasteiger partial charge in [0, 0.05) is 18.5 Å². The highest BCUT2D eigenvalue weighted by Crippen LogP contribution is 2.17. The van der Waals surface area contributed by atoms with Crippen molar-refractivity contribution in [3.63, 3.8) is 0 Å². The van der Waals surface area contributed by atoms with E-state index in [0.717, 1.165) is 6.07 Å². The quantitative estimate of drug-likeness (QED) is 0.721. The minimum atomic E-state index is -0.667. The lowest BCUT2D eigenvalue weighted by Crippen LogP contribution is -2.34. The molecule has 3 N–H and O–H groups in total. The number of benzene rings is 1. The van der Waals surface area contributed by atoms with Gasteiger partial charge in [-0.2, -0.15) is 0 Å². The summed E-state index contributed by atoms with van der Waals surface area (Å²) in [6.07, 6.45) is -0.354. The Kier molecular flexibility index (Phi) is 7.16. The number of halogens is 1. The number of hydrogen-bond donors (Lipinski definition) is 3. The van der Waals surface area contributed by atoms with Crippen molar-refractivity contribution in [3.05, 3.63) is 29.6 Å². The second-order valence-corrected chi connectivity index (χ2v) is 6.36. The van der Waals surface area contributed by atoms with Crippen LogP contribution in [0.15, 0.2) is 18.2 Å². The normalized spacial score (nSPS) is 12.3. The first-order chi connectivity index (χ1) is 10.7. The average molecular weight is 324 g/mol. The zero-order chi connectivity index (χ0) is 17.6. The summed E-state index contributed by atoms with van der Waals surface area (Å²) >= 11 is 0. The fourth-order valence-electron chi connectivity index (χ4n) is 1.86. The molecule has 1 rings (SSSR count). The van der Waals surface area contributed by atoms with Crippen LogP contribution < -0.4 is 10.6 Å². The molecule has 5 nitrogen and oxygen atoms in total. The van der Waals surface area contributed by atoms with Crippen molar-refractivity contribution in [2.45, 2.75) is 40.2 Å². The predicted octanol–water partition coefficient (Wildman–Crippen LogP) is 2.56. The van der Waals surface area contributed by atoms with Crippen molar-refractivity contribution in [2.24, 2.45) is 11.8 Å². The van der Waals surface area contributed by atoms with Crippen molar-refractivity contribution in [1.29, 1.82) is 0 Å². The van der Waals surface area contributed by atoms with Gasteiger partial charge in [-0.25, -0.2) is 4.39 Å². The Hall–Kier alpha value is -1.95. The molecule has 0 heterocycles. The minimum absolute atomic E-state index is 0.0191. The van der Waals surface area contributed by atoms with E-state index < -0.39 is 17.8 Å². The van der Waals surface area contributed by atoms with Crippen molar-refractivity contribution in [3.8, 4) is 0 Å². The van der Waals surface area contributed by atoms with E-state index >= 15 is 0 Å². The Labute approximate surface area is 136 Å². The van der Waals surface area contributed by atoms with Crippen LogP contribution in [0.25, 0.3) is 0 Å². The highest BCUT2D eigenvalue weighted by atomic mass is 19.1. The lowest BCUT2D eigenvalue weighted by Gasteiger charge is -2.15. The van der Waals surface area contributed by atoms with Gasteiger partial charge in [0.2, 0.25) is 5.91 Å². The molecule has 0 aromatic heterocycles. The van der Waals surface area contributed by atoms with Crippen LogP contribution in [0.2, 0.25) is 0 Å². The molecule has 6 heteroatoms. The summed E-state index contributed by atoms with van der Waals surface area (Å²) in [5.41, 5.74) is 0.190. The first-order valence-corrected chi connectivity index (χ1v) is 7.76. The predicted molar refractivity (Wildman–Crippen MR) is 87.7 cm³/mol. The maximum absolute atomic E-state index is 14.0. The fourth-order valence-corrected chi connectivity index (χ4v) is 1.86. The van der Waals surface area contributed by atoms with E-state index in [0.29, 0.717) is 6.42 Å². The van der Waals surface area contributed by atoms with E-state index in [1.54, 1.807) is 0 Å². The van der Waals surface area contributed by atoms with Crippen molar-refractivity contribution < 1.29 is 19.1 Å². The molecule has 0 radical (unpaired) electrons. The molecule has 0 aliphatic carbocycles. The molecular weight excluding hydrogens is 299 g/mol. The number of amides is 2. The largest absolute Gasteiger partial charge is 0.391 e. The smallest absolute Gasteiger partial charge is 0.251 e. The third-order valence-electron chi connectivity index (χ3n) is 3.34. The Morgan fingerprint density at radius 2 is 1.87 bits per heavy atom. The van der Waals surface area contributed by atoms with Gasteiger partial charge in [0.15, 0.2) is 0 Å². The number of aliphatic hydroxyl groups is 1. The Morgan fingerprint density at radius 1 is 1.22 bits per heavy atom. The van der Waals surface area contributed by atoms with Gasteiger partial charge in [0.1, 0.15) is 5.82 Å². The number of nitrogens with one attached hydrogen (secondary N) is 2. The number of carbonyl (C=O) groups excluding carboxylic acids is 2. The lowest BCUT2D eigenvalue weighted by atomic mass is 10.1. The maximum atomic E-state index is 14.0. The minimum Gasteiger partial charge on any atom is -0.391 e. The van der Waals surface area contributed by atoms with Crippen LogP contribution in [0.1, 0.15) is 44.5 Å². The molecule has 0 aliphatic heterocycles. The van der Waals surface area contributed by atoms with Crippen LogP contribution in [-0.2, 0) is 4.79 Å². The first kappa shape index (κ1) is 19.1. The van der Waals surface area contributed by atoms with Gasteiger partial charge in [-0.1, -0.05) is 27.7 Å². The Morgan fingerprint density at radius 3 is 2.39 bits per heavy atom. The molecule has 0 saturated heterocycles. The summed E-state index contributed by atoms with van der Waals surface area (Å²) in [6.45, 7) is 7.57. The maximum Gasteiger partial charge on any atom is 0.251 e. The van der Waals surface area contributed by atoms with Crippen molar-refractivity contribution in [2.75, 3.05) is 11.9 Å². The molecule has 23 heavy (non-hydrogen) atoms. The van der Waals surface area contributed by atoms with E-state index in [9.17, 15) is 19.1 Å². The fraction of sp³-hybridized carbons (Fsp3) is 0.529. The molecule has 1 unspecified atom stereocenters. The first-order valence-electron chi connectivity index (χ1n) is 7.76. The molecule has 0 fully saturated rings.